The van der Waals surface area contributed by atoms with E-state index in [2.05, 4.69) is 9.97 Å². The third kappa shape index (κ3) is 1.23. The monoisotopic (exact) mass is 211 g/mol. The maximum absolute atomic E-state index is 11.5. The summed E-state index contributed by atoms with van der Waals surface area (Å²) in [6, 6.07) is 2.30. The SMILES string of the molecule is Cl.O=c1[nH]c2cnccc2n1C1CC1. The van der Waals surface area contributed by atoms with E-state index < -0.39 is 0 Å². The normalized spacial score (nSPS) is 15.4. The molecule has 0 bridgehead atoms. The van der Waals surface area contributed by atoms with E-state index in [4.69, 9.17) is 0 Å². The molecule has 1 saturated carbocycles. The molecule has 4 nitrogen and oxygen atoms in total. The minimum Gasteiger partial charge on any atom is -0.304 e. The predicted molar refractivity (Wildman–Crippen MR) is 55.9 cm³/mol. The summed E-state index contributed by atoms with van der Waals surface area (Å²) < 4.78 is 1.83. The predicted octanol–water partition coefficient (Wildman–Crippen LogP) is 1.48. The summed E-state index contributed by atoms with van der Waals surface area (Å²) in [5.41, 5.74) is 1.80. The number of nitrogens with zero attached hydrogens (tertiary/aromatic N) is 2. The summed E-state index contributed by atoms with van der Waals surface area (Å²) in [4.78, 5) is 18.3. The molecule has 2 aromatic heterocycles. The molecular formula is C9H10ClN3O. The molecule has 1 fully saturated rings. The van der Waals surface area contributed by atoms with Crippen molar-refractivity contribution in [2.24, 2.45) is 0 Å². The van der Waals surface area contributed by atoms with Crippen LogP contribution in [0.2, 0.25) is 0 Å². The highest BCUT2D eigenvalue weighted by atomic mass is 35.5. The molecule has 0 unspecified atom stereocenters. The largest absolute Gasteiger partial charge is 0.326 e. The number of aromatic nitrogens is 3. The molecule has 1 aliphatic rings. The summed E-state index contributed by atoms with van der Waals surface area (Å²) in [6.45, 7) is 0. The van der Waals surface area contributed by atoms with Crippen LogP contribution in [0, 0.1) is 0 Å². The molecule has 1 aliphatic carbocycles. The Labute approximate surface area is 86.4 Å². The van der Waals surface area contributed by atoms with Crippen LogP contribution in [-0.4, -0.2) is 14.5 Å². The summed E-state index contributed by atoms with van der Waals surface area (Å²) >= 11 is 0. The van der Waals surface area contributed by atoms with Crippen LogP contribution in [0.1, 0.15) is 18.9 Å². The van der Waals surface area contributed by atoms with Crippen molar-refractivity contribution >= 4 is 23.4 Å². The lowest BCUT2D eigenvalue weighted by Crippen LogP contribution is -2.14. The minimum absolute atomic E-state index is 0. The van der Waals surface area contributed by atoms with Crippen molar-refractivity contribution in [3.8, 4) is 0 Å². The van der Waals surface area contributed by atoms with Crippen molar-refractivity contribution in [1.29, 1.82) is 0 Å². The van der Waals surface area contributed by atoms with Crippen molar-refractivity contribution in [3.05, 3.63) is 28.9 Å². The highest BCUT2D eigenvalue weighted by molar-refractivity contribution is 5.85. The molecule has 0 amide bonds. The lowest BCUT2D eigenvalue weighted by atomic mass is 10.4. The lowest BCUT2D eigenvalue weighted by Gasteiger charge is -1.97. The summed E-state index contributed by atoms with van der Waals surface area (Å²) in [7, 11) is 0. The molecule has 1 N–H and O–H groups in total. The first-order valence-corrected chi connectivity index (χ1v) is 4.40. The van der Waals surface area contributed by atoms with Crippen LogP contribution in [0.5, 0.6) is 0 Å². The van der Waals surface area contributed by atoms with Gasteiger partial charge in [-0.25, -0.2) is 4.79 Å². The van der Waals surface area contributed by atoms with Crippen LogP contribution in [0.3, 0.4) is 0 Å². The minimum atomic E-state index is -0.00880. The number of aromatic amines is 1. The fraction of sp³-hybridized carbons (Fsp3) is 0.333. The Hall–Kier alpha value is -1.29. The number of rotatable bonds is 1. The van der Waals surface area contributed by atoms with Gasteiger partial charge in [-0.05, 0) is 18.9 Å². The third-order valence-electron chi connectivity index (χ3n) is 2.43. The van der Waals surface area contributed by atoms with Gasteiger partial charge in [0.15, 0.2) is 0 Å². The number of pyridine rings is 1. The first kappa shape index (κ1) is 9.27. The summed E-state index contributed by atoms with van der Waals surface area (Å²) in [5, 5.41) is 0. The zero-order valence-electron chi connectivity index (χ0n) is 7.43. The second-order valence-electron chi connectivity index (χ2n) is 3.42. The molecule has 2 aromatic rings. The number of hydrogen-bond donors (Lipinski definition) is 1. The van der Waals surface area contributed by atoms with Crippen LogP contribution in [0.4, 0.5) is 0 Å². The summed E-state index contributed by atoms with van der Waals surface area (Å²) in [6.07, 6.45) is 5.65. The van der Waals surface area contributed by atoms with Crippen molar-refractivity contribution in [1.82, 2.24) is 14.5 Å². The standard InChI is InChI=1S/C9H9N3O.ClH/c13-9-11-7-5-10-4-3-8(7)12(9)6-1-2-6;/h3-6H,1-2H2,(H,11,13);1H. The average molecular weight is 212 g/mol. The van der Waals surface area contributed by atoms with Crippen LogP contribution < -0.4 is 5.69 Å². The van der Waals surface area contributed by atoms with Gasteiger partial charge in [0.1, 0.15) is 0 Å². The number of fused-ring (bicyclic) bond motifs is 1. The average Bonchev–Trinajstić information content (AvgIpc) is 2.88. The van der Waals surface area contributed by atoms with Gasteiger partial charge in [0.25, 0.3) is 0 Å². The fourth-order valence-corrected chi connectivity index (χ4v) is 1.67. The highest BCUT2D eigenvalue weighted by Crippen LogP contribution is 2.35. The van der Waals surface area contributed by atoms with Crippen molar-refractivity contribution in [2.75, 3.05) is 0 Å². The Morgan fingerprint density at radius 2 is 2.29 bits per heavy atom. The molecular weight excluding hydrogens is 202 g/mol. The molecule has 14 heavy (non-hydrogen) atoms. The van der Waals surface area contributed by atoms with Gasteiger partial charge in [-0.3, -0.25) is 9.55 Å². The van der Waals surface area contributed by atoms with Crippen molar-refractivity contribution in [3.63, 3.8) is 0 Å². The Bertz CT molecular complexity index is 512. The van der Waals surface area contributed by atoms with E-state index >= 15 is 0 Å². The Morgan fingerprint density at radius 1 is 1.50 bits per heavy atom. The van der Waals surface area contributed by atoms with Gasteiger partial charge in [-0.1, -0.05) is 0 Å². The van der Waals surface area contributed by atoms with Crippen LogP contribution >= 0.6 is 12.4 Å². The maximum Gasteiger partial charge on any atom is 0.326 e. The topological polar surface area (TPSA) is 50.7 Å². The van der Waals surface area contributed by atoms with E-state index in [0.717, 1.165) is 23.9 Å². The van der Waals surface area contributed by atoms with Crippen LogP contribution in [-0.2, 0) is 0 Å². The molecule has 2 heterocycles. The van der Waals surface area contributed by atoms with Crippen molar-refractivity contribution in [2.45, 2.75) is 18.9 Å². The molecule has 0 saturated heterocycles. The van der Waals surface area contributed by atoms with Gasteiger partial charge in [0.2, 0.25) is 0 Å². The Kier molecular flexibility index (Phi) is 2.07. The second-order valence-corrected chi connectivity index (χ2v) is 3.42. The molecule has 0 spiro atoms. The third-order valence-corrected chi connectivity index (χ3v) is 2.43. The van der Waals surface area contributed by atoms with Gasteiger partial charge in [0, 0.05) is 12.2 Å². The molecule has 0 atom stereocenters. The molecule has 0 radical (unpaired) electrons. The van der Waals surface area contributed by atoms with E-state index in [-0.39, 0.29) is 18.1 Å². The Morgan fingerprint density at radius 3 is 3.00 bits per heavy atom. The molecule has 0 aliphatic heterocycles. The second kappa shape index (κ2) is 3.13. The molecule has 5 heteroatoms. The number of H-pyrrole nitrogens is 1. The number of hydrogen-bond acceptors (Lipinski definition) is 2. The molecule has 74 valence electrons. The van der Waals surface area contributed by atoms with Crippen LogP contribution in [0.25, 0.3) is 11.0 Å². The maximum atomic E-state index is 11.5. The van der Waals surface area contributed by atoms with Gasteiger partial charge >= 0.3 is 5.69 Å². The van der Waals surface area contributed by atoms with Crippen molar-refractivity contribution < 1.29 is 0 Å². The van der Waals surface area contributed by atoms with Gasteiger partial charge < -0.3 is 4.98 Å². The smallest absolute Gasteiger partial charge is 0.304 e. The van der Waals surface area contributed by atoms with Gasteiger partial charge in [-0.2, -0.15) is 0 Å². The van der Waals surface area contributed by atoms with E-state index in [0.29, 0.717) is 6.04 Å². The number of halogens is 1. The zero-order chi connectivity index (χ0) is 8.84. The molecule has 0 aromatic carbocycles. The summed E-state index contributed by atoms with van der Waals surface area (Å²) in [5.74, 6) is 0. The van der Waals surface area contributed by atoms with Gasteiger partial charge in [0.05, 0.1) is 17.2 Å². The van der Waals surface area contributed by atoms with E-state index in [1.165, 1.54) is 0 Å². The van der Waals surface area contributed by atoms with Crippen LogP contribution in [0.15, 0.2) is 23.3 Å². The lowest BCUT2D eigenvalue weighted by molar-refractivity contribution is 0.733. The first-order chi connectivity index (χ1) is 6.36. The quantitative estimate of drug-likeness (QED) is 0.777. The molecule has 3 rings (SSSR count). The Balaban J connectivity index is 0.000000750. The highest BCUT2D eigenvalue weighted by Gasteiger charge is 2.26. The fourth-order valence-electron chi connectivity index (χ4n) is 1.67. The van der Waals surface area contributed by atoms with E-state index in [1.807, 2.05) is 10.6 Å². The van der Waals surface area contributed by atoms with Gasteiger partial charge in [-0.15, -0.1) is 12.4 Å². The van der Waals surface area contributed by atoms with E-state index in [9.17, 15) is 4.79 Å². The van der Waals surface area contributed by atoms with E-state index in [1.54, 1.807) is 12.4 Å². The first-order valence-electron chi connectivity index (χ1n) is 4.40. The number of nitrogens with one attached hydrogen (secondary N) is 1. The number of imidazole rings is 1. The zero-order valence-corrected chi connectivity index (χ0v) is 8.25.